The molecule has 0 saturated carbocycles. The van der Waals surface area contributed by atoms with Crippen LogP contribution in [0.5, 0.6) is 0 Å². The van der Waals surface area contributed by atoms with Crippen molar-refractivity contribution in [3.05, 3.63) is 30.1 Å². The van der Waals surface area contributed by atoms with Gasteiger partial charge in [0.2, 0.25) is 0 Å². The number of guanidine groups is 1. The maximum atomic E-state index is 14.0. The van der Waals surface area contributed by atoms with Gasteiger partial charge >= 0.3 is 0 Å². The number of unbranched alkanes of at least 4 members (excludes halogenated alkanes) is 1. The summed E-state index contributed by atoms with van der Waals surface area (Å²) in [6, 6.07) is 7.05. The summed E-state index contributed by atoms with van der Waals surface area (Å²) in [6.07, 6.45) is 2.32. The molecule has 2 heterocycles. The number of benzene rings is 1. The van der Waals surface area contributed by atoms with Crippen molar-refractivity contribution < 1.29 is 4.39 Å². The van der Waals surface area contributed by atoms with Crippen LogP contribution in [0.25, 0.3) is 0 Å². The third-order valence-corrected chi connectivity index (χ3v) is 5.85. The van der Waals surface area contributed by atoms with Crippen LogP contribution in [0.3, 0.4) is 0 Å². The summed E-state index contributed by atoms with van der Waals surface area (Å²) in [6.45, 7) is 13.1. The second-order valence-electron chi connectivity index (χ2n) is 8.01. The Labute approximate surface area is 175 Å². The molecular weight excluding hydrogens is 367 g/mol. The van der Waals surface area contributed by atoms with Crippen molar-refractivity contribution in [1.29, 1.82) is 0 Å². The minimum Gasteiger partial charge on any atom is -0.366 e. The fourth-order valence-electron chi connectivity index (χ4n) is 4.00. The van der Waals surface area contributed by atoms with E-state index in [2.05, 4.69) is 38.9 Å². The number of anilines is 1. The van der Waals surface area contributed by atoms with Crippen molar-refractivity contribution in [3.63, 3.8) is 0 Å². The van der Waals surface area contributed by atoms with E-state index in [0.29, 0.717) is 5.69 Å². The van der Waals surface area contributed by atoms with Gasteiger partial charge in [-0.05, 0) is 45.5 Å². The monoisotopic (exact) mass is 404 g/mol. The largest absolute Gasteiger partial charge is 0.366 e. The van der Waals surface area contributed by atoms with Crippen LogP contribution in [0.1, 0.15) is 19.8 Å². The van der Waals surface area contributed by atoms with Crippen molar-refractivity contribution in [2.75, 3.05) is 83.9 Å². The van der Waals surface area contributed by atoms with Crippen LogP contribution in [-0.2, 0) is 0 Å². The lowest BCUT2D eigenvalue weighted by Gasteiger charge is -2.37. The summed E-state index contributed by atoms with van der Waals surface area (Å²) in [5.74, 6) is 0.863. The van der Waals surface area contributed by atoms with Gasteiger partial charge in [-0.15, -0.1) is 0 Å². The van der Waals surface area contributed by atoms with E-state index in [1.807, 2.05) is 12.1 Å². The van der Waals surface area contributed by atoms with Crippen LogP contribution in [0.15, 0.2) is 29.3 Å². The molecule has 1 aromatic carbocycles. The molecule has 2 aliphatic rings. The van der Waals surface area contributed by atoms with Crippen LogP contribution in [0.4, 0.5) is 10.1 Å². The first-order chi connectivity index (χ1) is 14.2. The topological polar surface area (TPSA) is 37.4 Å². The minimum atomic E-state index is -0.137. The quantitative estimate of drug-likeness (QED) is 0.427. The zero-order chi connectivity index (χ0) is 20.5. The summed E-state index contributed by atoms with van der Waals surface area (Å²) >= 11 is 0. The second kappa shape index (κ2) is 11.4. The van der Waals surface area contributed by atoms with E-state index < -0.39 is 0 Å². The predicted octanol–water partition coefficient (Wildman–Crippen LogP) is 1.94. The highest BCUT2D eigenvalue weighted by Gasteiger charge is 2.21. The van der Waals surface area contributed by atoms with E-state index in [-0.39, 0.29) is 5.82 Å². The van der Waals surface area contributed by atoms with Gasteiger partial charge in [0.1, 0.15) is 5.82 Å². The summed E-state index contributed by atoms with van der Waals surface area (Å²) in [5.41, 5.74) is 0.706. The SMILES string of the molecule is CCNC(=NCCCCN1CCN(C)CC1)N1CCN(c2ccccc2F)CC1. The molecule has 3 rings (SSSR count). The fourth-order valence-corrected chi connectivity index (χ4v) is 4.00. The Bertz CT molecular complexity index is 636. The van der Waals surface area contributed by atoms with Crippen LogP contribution in [-0.4, -0.2) is 99.7 Å². The molecule has 0 bridgehead atoms. The Morgan fingerprint density at radius 3 is 2.41 bits per heavy atom. The summed E-state index contributed by atoms with van der Waals surface area (Å²) < 4.78 is 14.0. The molecule has 0 atom stereocenters. The molecule has 1 aromatic rings. The first kappa shape index (κ1) is 21.8. The number of rotatable bonds is 7. The van der Waals surface area contributed by atoms with Gasteiger partial charge in [0.25, 0.3) is 0 Å². The molecule has 162 valence electrons. The Kier molecular flexibility index (Phi) is 8.55. The Balaban J connectivity index is 1.41. The number of hydrogen-bond donors (Lipinski definition) is 1. The highest BCUT2D eigenvalue weighted by Crippen LogP contribution is 2.20. The molecular formula is C22H37FN6. The van der Waals surface area contributed by atoms with Gasteiger partial charge in [0.15, 0.2) is 5.96 Å². The molecule has 2 saturated heterocycles. The molecule has 7 heteroatoms. The average Bonchev–Trinajstić information content (AvgIpc) is 2.75. The van der Waals surface area contributed by atoms with Crippen LogP contribution in [0, 0.1) is 5.82 Å². The Morgan fingerprint density at radius 2 is 1.72 bits per heavy atom. The number of nitrogens with zero attached hydrogens (tertiary/aromatic N) is 5. The van der Waals surface area contributed by atoms with Crippen LogP contribution < -0.4 is 10.2 Å². The summed E-state index contributed by atoms with van der Waals surface area (Å²) in [4.78, 5) is 14.3. The van der Waals surface area contributed by atoms with Crippen molar-refractivity contribution in [1.82, 2.24) is 20.0 Å². The van der Waals surface area contributed by atoms with Gasteiger partial charge in [-0.1, -0.05) is 12.1 Å². The first-order valence-electron chi connectivity index (χ1n) is 11.1. The maximum absolute atomic E-state index is 14.0. The molecule has 0 radical (unpaired) electrons. The second-order valence-corrected chi connectivity index (χ2v) is 8.01. The van der Waals surface area contributed by atoms with Gasteiger partial charge in [-0.2, -0.15) is 0 Å². The minimum absolute atomic E-state index is 0.137. The van der Waals surface area contributed by atoms with Crippen molar-refractivity contribution in [3.8, 4) is 0 Å². The number of likely N-dealkylation sites (N-methyl/N-ethyl adjacent to an activating group) is 1. The summed E-state index contributed by atoms with van der Waals surface area (Å²) in [7, 11) is 2.20. The molecule has 1 N–H and O–H groups in total. The maximum Gasteiger partial charge on any atom is 0.194 e. The van der Waals surface area contributed by atoms with E-state index in [9.17, 15) is 4.39 Å². The molecule has 0 aromatic heterocycles. The standard InChI is InChI=1S/C22H37FN6/c1-3-24-22(25-10-6-7-11-27-14-12-26(2)13-15-27)29-18-16-28(17-19-29)21-9-5-4-8-20(21)23/h4-5,8-9H,3,6-7,10-19H2,1-2H3,(H,24,25). The predicted molar refractivity (Wildman–Crippen MR) is 119 cm³/mol. The number of hydrogen-bond acceptors (Lipinski definition) is 4. The number of piperazine rings is 2. The molecule has 0 spiro atoms. The van der Waals surface area contributed by atoms with Crippen molar-refractivity contribution in [2.45, 2.75) is 19.8 Å². The third kappa shape index (κ3) is 6.57. The van der Waals surface area contributed by atoms with Crippen LogP contribution >= 0.6 is 0 Å². The van der Waals surface area contributed by atoms with Crippen LogP contribution in [0.2, 0.25) is 0 Å². The number of halogens is 1. The van der Waals surface area contributed by atoms with Gasteiger partial charge in [0.05, 0.1) is 5.69 Å². The van der Waals surface area contributed by atoms with E-state index >= 15 is 0 Å². The lowest BCUT2D eigenvalue weighted by atomic mass is 10.2. The number of aliphatic imine (C=N–C) groups is 1. The zero-order valence-corrected chi connectivity index (χ0v) is 18.1. The average molecular weight is 405 g/mol. The van der Waals surface area contributed by atoms with Gasteiger partial charge < -0.3 is 24.9 Å². The van der Waals surface area contributed by atoms with E-state index in [4.69, 9.17) is 4.99 Å². The lowest BCUT2D eigenvalue weighted by molar-refractivity contribution is 0.152. The Morgan fingerprint density at radius 1 is 1.00 bits per heavy atom. The van der Waals surface area contributed by atoms with Gasteiger partial charge in [0, 0.05) is 65.4 Å². The number of para-hydroxylation sites is 1. The van der Waals surface area contributed by atoms with Gasteiger partial charge in [-0.25, -0.2) is 4.39 Å². The van der Waals surface area contributed by atoms with E-state index in [0.717, 1.165) is 51.6 Å². The molecule has 6 nitrogen and oxygen atoms in total. The molecule has 0 aliphatic carbocycles. The molecule has 0 amide bonds. The van der Waals surface area contributed by atoms with Gasteiger partial charge in [-0.3, -0.25) is 4.99 Å². The lowest BCUT2D eigenvalue weighted by Crippen LogP contribution is -2.52. The molecule has 0 unspecified atom stereocenters. The highest BCUT2D eigenvalue weighted by atomic mass is 19.1. The van der Waals surface area contributed by atoms with E-state index in [1.54, 1.807) is 6.07 Å². The molecule has 2 fully saturated rings. The normalized spacial score (nSPS) is 19.6. The fraction of sp³-hybridized carbons (Fsp3) is 0.682. The van der Waals surface area contributed by atoms with Crippen molar-refractivity contribution >= 4 is 11.6 Å². The highest BCUT2D eigenvalue weighted by molar-refractivity contribution is 5.80. The smallest absolute Gasteiger partial charge is 0.194 e. The van der Waals surface area contributed by atoms with Crippen molar-refractivity contribution in [2.24, 2.45) is 4.99 Å². The zero-order valence-electron chi connectivity index (χ0n) is 18.1. The Hall–Kier alpha value is -1.86. The third-order valence-electron chi connectivity index (χ3n) is 5.85. The van der Waals surface area contributed by atoms with E-state index in [1.165, 1.54) is 45.2 Å². The number of nitrogens with one attached hydrogen (secondary N) is 1. The first-order valence-corrected chi connectivity index (χ1v) is 11.1. The molecule has 29 heavy (non-hydrogen) atoms. The summed E-state index contributed by atoms with van der Waals surface area (Å²) in [5, 5.41) is 3.43. The molecule has 2 aliphatic heterocycles.